The first-order chi connectivity index (χ1) is 7.75. The van der Waals surface area contributed by atoms with Crippen LogP contribution in [0.15, 0.2) is 12.4 Å². The Bertz CT molecular complexity index is 355. The van der Waals surface area contributed by atoms with E-state index in [1.165, 1.54) is 25.9 Å². The van der Waals surface area contributed by atoms with E-state index in [-0.39, 0.29) is 5.91 Å². The van der Waals surface area contributed by atoms with E-state index >= 15 is 0 Å². The third-order valence-electron chi connectivity index (χ3n) is 2.88. The van der Waals surface area contributed by atoms with Crippen molar-refractivity contribution in [2.24, 2.45) is 7.05 Å². The molecule has 2 heterocycles. The van der Waals surface area contributed by atoms with Crippen molar-refractivity contribution in [1.29, 1.82) is 0 Å². The topological polar surface area (TPSA) is 50.2 Å². The van der Waals surface area contributed by atoms with E-state index in [9.17, 15) is 4.79 Å². The van der Waals surface area contributed by atoms with E-state index in [4.69, 9.17) is 0 Å². The lowest BCUT2D eigenvalue weighted by Crippen LogP contribution is -2.33. The van der Waals surface area contributed by atoms with Crippen LogP contribution in [0.2, 0.25) is 0 Å². The largest absolute Gasteiger partial charge is 0.351 e. The van der Waals surface area contributed by atoms with Crippen molar-refractivity contribution >= 4 is 5.91 Å². The van der Waals surface area contributed by atoms with Gasteiger partial charge in [0, 0.05) is 26.3 Å². The van der Waals surface area contributed by atoms with Gasteiger partial charge < -0.3 is 10.2 Å². The maximum Gasteiger partial charge on any atom is 0.254 e. The SMILES string of the molecule is Cn1cc(C(=O)NCCN2CCCC2)cn1. The molecule has 0 unspecified atom stereocenters. The zero-order valence-electron chi connectivity index (χ0n) is 9.65. The molecule has 1 N–H and O–H groups in total. The van der Waals surface area contributed by atoms with Gasteiger partial charge in [0.1, 0.15) is 0 Å². The molecule has 16 heavy (non-hydrogen) atoms. The molecular formula is C11H18N4O. The molecule has 0 saturated carbocycles. The van der Waals surface area contributed by atoms with Crippen LogP contribution in [0.3, 0.4) is 0 Å². The second kappa shape index (κ2) is 5.12. The first-order valence-corrected chi connectivity index (χ1v) is 5.75. The molecule has 1 amide bonds. The molecule has 0 aromatic carbocycles. The van der Waals surface area contributed by atoms with Gasteiger partial charge >= 0.3 is 0 Å². The maximum atomic E-state index is 11.6. The van der Waals surface area contributed by atoms with Gasteiger partial charge in [0.15, 0.2) is 0 Å². The number of nitrogens with one attached hydrogen (secondary N) is 1. The summed E-state index contributed by atoms with van der Waals surface area (Å²) in [6.07, 6.45) is 5.89. The Morgan fingerprint density at radius 3 is 2.88 bits per heavy atom. The third-order valence-corrected chi connectivity index (χ3v) is 2.88. The van der Waals surface area contributed by atoms with Crippen LogP contribution in [0.25, 0.3) is 0 Å². The fourth-order valence-corrected chi connectivity index (χ4v) is 1.97. The van der Waals surface area contributed by atoms with Crippen LogP contribution in [0, 0.1) is 0 Å². The standard InChI is InChI=1S/C11H18N4O/c1-14-9-10(8-13-14)11(16)12-4-7-15-5-2-3-6-15/h8-9H,2-7H2,1H3,(H,12,16). The molecule has 1 aromatic rings. The summed E-state index contributed by atoms with van der Waals surface area (Å²) in [7, 11) is 1.81. The number of rotatable bonds is 4. The Balaban J connectivity index is 1.71. The molecule has 5 nitrogen and oxygen atoms in total. The van der Waals surface area contributed by atoms with Crippen molar-refractivity contribution in [3.05, 3.63) is 18.0 Å². The van der Waals surface area contributed by atoms with E-state index < -0.39 is 0 Å². The van der Waals surface area contributed by atoms with Gasteiger partial charge in [0.25, 0.3) is 5.91 Å². The molecule has 0 radical (unpaired) electrons. The molecular weight excluding hydrogens is 204 g/mol. The summed E-state index contributed by atoms with van der Waals surface area (Å²) in [5.41, 5.74) is 0.629. The zero-order chi connectivity index (χ0) is 11.4. The number of nitrogens with zero attached hydrogens (tertiary/aromatic N) is 3. The number of aryl methyl sites for hydroxylation is 1. The van der Waals surface area contributed by atoms with Crippen molar-refractivity contribution in [2.75, 3.05) is 26.2 Å². The number of amides is 1. The fourth-order valence-electron chi connectivity index (χ4n) is 1.97. The summed E-state index contributed by atoms with van der Waals surface area (Å²) in [6, 6.07) is 0. The van der Waals surface area contributed by atoms with Crippen LogP contribution in [-0.2, 0) is 7.05 Å². The smallest absolute Gasteiger partial charge is 0.254 e. The second-order valence-corrected chi connectivity index (χ2v) is 4.21. The van der Waals surface area contributed by atoms with Crippen LogP contribution in [0.5, 0.6) is 0 Å². The Labute approximate surface area is 95.4 Å². The molecule has 88 valence electrons. The van der Waals surface area contributed by atoms with Crippen molar-refractivity contribution in [1.82, 2.24) is 20.0 Å². The van der Waals surface area contributed by atoms with Crippen LogP contribution in [-0.4, -0.2) is 46.8 Å². The predicted octanol–water partition coefficient (Wildman–Crippen LogP) is 0.246. The summed E-state index contributed by atoms with van der Waals surface area (Å²) < 4.78 is 1.63. The maximum absolute atomic E-state index is 11.6. The third kappa shape index (κ3) is 2.82. The molecule has 5 heteroatoms. The lowest BCUT2D eigenvalue weighted by atomic mass is 10.3. The van der Waals surface area contributed by atoms with E-state index in [0.717, 1.165) is 6.54 Å². The highest BCUT2D eigenvalue weighted by Gasteiger charge is 2.12. The number of carbonyl (C=O) groups excluding carboxylic acids is 1. The zero-order valence-corrected chi connectivity index (χ0v) is 9.65. The normalized spacial score (nSPS) is 16.6. The van der Waals surface area contributed by atoms with Crippen molar-refractivity contribution in [3.63, 3.8) is 0 Å². The number of aromatic nitrogens is 2. The van der Waals surface area contributed by atoms with Gasteiger partial charge in [-0.2, -0.15) is 5.10 Å². The number of likely N-dealkylation sites (tertiary alicyclic amines) is 1. The van der Waals surface area contributed by atoms with Gasteiger partial charge in [-0.3, -0.25) is 9.48 Å². The van der Waals surface area contributed by atoms with E-state index in [1.54, 1.807) is 24.1 Å². The van der Waals surface area contributed by atoms with Gasteiger partial charge in [-0.05, 0) is 25.9 Å². The highest BCUT2D eigenvalue weighted by atomic mass is 16.1. The molecule has 0 aliphatic carbocycles. The summed E-state index contributed by atoms with van der Waals surface area (Å²) in [5, 5.41) is 6.87. The summed E-state index contributed by atoms with van der Waals surface area (Å²) in [6.45, 7) is 4.01. The molecule has 2 rings (SSSR count). The Hall–Kier alpha value is -1.36. The van der Waals surface area contributed by atoms with Gasteiger partial charge in [-0.25, -0.2) is 0 Å². The van der Waals surface area contributed by atoms with E-state index in [2.05, 4.69) is 15.3 Å². The lowest BCUT2D eigenvalue weighted by Gasteiger charge is -2.14. The monoisotopic (exact) mass is 222 g/mol. The van der Waals surface area contributed by atoms with E-state index in [1.807, 2.05) is 0 Å². The molecule has 1 aliphatic rings. The number of hydrogen-bond acceptors (Lipinski definition) is 3. The fraction of sp³-hybridized carbons (Fsp3) is 0.636. The highest BCUT2D eigenvalue weighted by Crippen LogP contribution is 2.05. The highest BCUT2D eigenvalue weighted by molar-refractivity contribution is 5.93. The molecule has 0 bridgehead atoms. The molecule has 0 atom stereocenters. The number of carbonyl (C=O) groups is 1. The minimum Gasteiger partial charge on any atom is -0.351 e. The van der Waals surface area contributed by atoms with Gasteiger partial charge in [-0.1, -0.05) is 0 Å². The summed E-state index contributed by atoms with van der Waals surface area (Å²) in [4.78, 5) is 14.0. The Kier molecular flexibility index (Phi) is 3.56. The Morgan fingerprint density at radius 1 is 1.50 bits per heavy atom. The molecule has 1 fully saturated rings. The van der Waals surface area contributed by atoms with Crippen LogP contribution in [0.4, 0.5) is 0 Å². The Morgan fingerprint density at radius 2 is 2.25 bits per heavy atom. The summed E-state index contributed by atoms with van der Waals surface area (Å²) >= 11 is 0. The van der Waals surface area contributed by atoms with Crippen LogP contribution >= 0.6 is 0 Å². The van der Waals surface area contributed by atoms with Gasteiger partial charge in [0.2, 0.25) is 0 Å². The van der Waals surface area contributed by atoms with Gasteiger partial charge in [0.05, 0.1) is 11.8 Å². The number of hydrogen-bond donors (Lipinski definition) is 1. The molecule has 1 aliphatic heterocycles. The van der Waals surface area contributed by atoms with Gasteiger partial charge in [-0.15, -0.1) is 0 Å². The van der Waals surface area contributed by atoms with Crippen molar-refractivity contribution < 1.29 is 4.79 Å². The van der Waals surface area contributed by atoms with E-state index in [0.29, 0.717) is 12.1 Å². The molecule has 1 saturated heterocycles. The first-order valence-electron chi connectivity index (χ1n) is 5.75. The second-order valence-electron chi connectivity index (χ2n) is 4.21. The predicted molar refractivity (Wildman–Crippen MR) is 61.2 cm³/mol. The van der Waals surface area contributed by atoms with Crippen molar-refractivity contribution in [2.45, 2.75) is 12.8 Å². The van der Waals surface area contributed by atoms with Crippen LogP contribution < -0.4 is 5.32 Å². The first kappa shape index (κ1) is 11.1. The summed E-state index contributed by atoms with van der Waals surface area (Å²) in [5.74, 6) is -0.0349. The van der Waals surface area contributed by atoms with Crippen molar-refractivity contribution in [3.8, 4) is 0 Å². The average Bonchev–Trinajstić information content (AvgIpc) is 2.89. The molecule has 0 spiro atoms. The lowest BCUT2D eigenvalue weighted by molar-refractivity contribution is 0.0949. The minimum atomic E-state index is -0.0349. The minimum absolute atomic E-state index is 0.0349. The molecule has 1 aromatic heterocycles. The average molecular weight is 222 g/mol. The van der Waals surface area contributed by atoms with Crippen LogP contribution in [0.1, 0.15) is 23.2 Å². The quantitative estimate of drug-likeness (QED) is 0.794.